The lowest BCUT2D eigenvalue weighted by Crippen LogP contribution is -2.38. The summed E-state index contributed by atoms with van der Waals surface area (Å²) in [7, 11) is 4.29. The zero-order valence-electron chi connectivity index (χ0n) is 16.9. The van der Waals surface area contributed by atoms with Crippen molar-refractivity contribution in [2.24, 2.45) is 14.1 Å². The average Bonchev–Trinajstić information content (AvgIpc) is 2.73. The summed E-state index contributed by atoms with van der Waals surface area (Å²) in [4.78, 5) is 46.6. The van der Waals surface area contributed by atoms with Gasteiger partial charge in [-0.3, -0.25) is 18.7 Å². The molecule has 0 N–H and O–H groups in total. The molecule has 8 nitrogen and oxygen atoms in total. The van der Waals surface area contributed by atoms with Crippen LogP contribution in [0.25, 0.3) is 22.4 Å². The van der Waals surface area contributed by atoms with Crippen molar-refractivity contribution >= 4 is 28.8 Å². The summed E-state index contributed by atoms with van der Waals surface area (Å²) in [6.45, 7) is 3.79. The smallest absolute Gasteiger partial charge is 0.332 e. The average molecular weight is 414 g/mol. The lowest BCUT2D eigenvalue weighted by molar-refractivity contribution is -0.140. The predicted molar refractivity (Wildman–Crippen MR) is 112 cm³/mol. The van der Waals surface area contributed by atoms with Gasteiger partial charge in [0.2, 0.25) is 0 Å². The molecule has 0 amide bonds. The first-order valence-electron chi connectivity index (χ1n) is 9.08. The SMILES string of the molecule is CC[C@@H](Sc1nc(-c2ccccc2C)nc2c1c(=O)n(C)c(=O)n2C)C(=O)OC. The Hall–Kier alpha value is -2.94. The minimum absolute atomic E-state index is 0.208. The summed E-state index contributed by atoms with van der Waals surface area (Å²) < 4.78 is 7.22. The molecule has 0 spiro atoms. The molecule has 0 aliphatic carbocycles. The molecule has 0 unspecified atom stereocenters. The number of aryl methyl sites for hydroxylation is 2. The van der Waals surface area contributed by atoms with Crippen molar-refractivity contribution < 1.29 is 9.53 Å². The van der Waals surface area contributed by atoms with E-state index >= 15 is 0 Å². The normalized spacial score (nSPS) is 12.2. The van der Waals surface area contributed by atoms with Gasteiger partial charge in [0.05, 0.1) is 7.11 Å². The van der Waals surface area contributed by atoms with Gasteiger partial charge < -0.3 is 4.74 Å². The van der Waals surface area contributed by atoms with Crippen LogP contribution in [0.5, 0.6) is 0 Å². The number of carbonyl (C=O) groups excluding carboxylic acids is 1. The van der Waals surface area contributed by atoms with Gasteiger partial charge in [-0.2, -0.15) is 0 Å². The molecular formula is C20H22N4O4S. The molecule has 29 heavy (non-hydrogen) atoms. The lowest BCUT2D eigenvalue weighted by atomic mass is 10.1. The molecule has 152 valence electrons. The van der Waals surface area contributed by atoms with Crippen molar-refractivity contribution in [2.45, 2.75) is 30.5 Å². The number of esters is 1. The Bertz CT molecular complexity index is 1220. The van der Waals surface area contributed by atoms with Gasteiger partial charge in [-0.25, -0.2) is 14.8 Å². The Morgan fingerprint density at radius 3 is 2.48 bits per heavy atom. The number of methoxy groups -OCH3 is 1. The molecule has 9 heteroatoms. The van der Waals surface area contributed by atoms with E-state index in [0.29, 0.717) is 17.3 Å². The lowest BCUT2D eigenvalue weighted by Gasteiger charge is -2.15. The fourth-order valence-electron chi connectivity index (χ4n) is 3.02. The van der Waals surface area contributed by atoms with Crippen LogP contribution in [0.15, 0.2) is 38.9 Å². The molecule has 1 atom stereocenters. The quantitative estimate of drug-likeness (QED) is 0.358. The van der Waals surface area contributed by atoms with Crippen LogP contribution in [0.4, 0.5) is 0 Å². The Morgan fingerprint density at radius 1 is 1.17 bits per heavy atom. The summed E-state index contributed by atoms with van der Waals surface area (Å²) in [5.74, 6) is -0.00980. The van der Waals surface area contributed by atoms with Crippen molar-refractivity contribution in [3.63, 3.8) is 0 Å². The molecule has 3 aromatic rings. The molecular weight excluding hydrogens is 392 g/mol. The van der Waals surface area contributed by atoms with Crippen molar-refractivity contribution in [1.82, 2.24) is 19.1 Å². The number of benzene rings is 1. The number of hydrogen-bond donors (Lipinski definition) is 0. The van der Waals surface area contributed by atoms with Crippen molar-refractivity contribution in [1.29, 1.82) is 0 Å². The summed E-state index contributed by atoms with van der Waals surface area (Å²) >= 11 is 1.15. The van der Waals surface area contributed by atoms with Crippen LogP contribution in [-0.4, -0.2) is 37.4 Å². The highest BCUT2D eigenvalue weighted by Crippen LogP contribution is 2.31. The number of thioether (sulfide) groups is 1. The fourth-order valence-corrected chi connectivity index (χ4v) is 4.09. The van der Waals surface area contributed by atoms with Gasteiger partial charge in [-0.1, -0.05) is 43.0 Å². The highest BCUT2D eigenvalue weighted by Gasteiger charge is 2.24. The van der Waals surface area contributed by atoms with Gasteiger partial charge in [0.15, 0.2) is 11.5 Å². The maximum absolute atomic E-state index is 12.9. The number of aromatic nitrogens is 4. The minimum atomic E-state index is -0.537. The van der Waals surface area contributed by atoms with E-state index in [1.165, 1.54) is 18.7 Å². The van der Waals surface area contributed by atoms with E-state index in [-0.39, 0.29) is 11.0 Å². The van der Waals surface area contributed by atoms with E-state index in [1.807, 2.05) is 38.1 Å². The molecule has 0 saturated carbocycles. The van der Waals surface area contributed by atoms with Crippen molar-refractivity contribution in [2.75, 3.05) is 7.11 Å². The second-order valence-corrected chi connectivity index (χ2v) is 7.80. The molecule has 2 aromatic heterocycles. The van der Waals surface area contributed by atoms with Crippen LogP contribution >= 0.6 is 11.8 Å². The van der Waals surface area contributed by atoms with Gasteiger partial charge in [-0.15, -0.1) is 0 Å². The maximum Gasteiger partial charge on any atom is 0.332 e. The minimum Gasteiger partial charge on any atom is -0.468 e. The van der Waals surface area contributed by atoms with E-state index in [4.69, 9.17) is 4.74 Å². The highest BCUT2D eigenvalue weighted by molar-refractivity contribution is 8.00. The standard InChI is InChI=1S/C20H22N4O4S/c1-6-13(19(26)28-5)29-17-14-16(23(3)20(27)24(4)18(14)25)21-15(22-17)12-10-8-7-9-11(12)2/h7-10,13H,6H2,1-5H3/t13-/m1/s1. The number of nitrogens with zero attached hydrogens (tertiary/aromatic N) is 4. The van der Waals surface area contributed by atoms with E-state index < -0.39 is 22.5 Å². The first kappa shape index (κ1) is 20.8. The van der Waals surface area contributed by atoms with Gasteiger partial charge in [-0.05, 0) is 18.9 Å². The van der Waals surface area contributed by atoms with Crippen LogP contribution in [0.3, 0.4) is 0 Å². The van der Waals surface area contributed by atoms with Gasteiger partial charge >= 0.3 is 11.7 Å². The highest BCUT2D eigenvalue weighted by atomic mass is 32.2. The monoisotopic (exact) mass is 414 g/mol. The number of hydrogen-bond acceptors (Lipinski definition) is 7. The Kier molecular flexibility index (Phi) is 5.88. The first-order chi connectivity index (χ1) is 13.8. The predicted octanol–water partition coefficient (Wildman–Crippen LogP) is 2.05. The number of carbonyl (C=O) groups is 1. The van der Waals surface area contributed by atoms with Gasteiger partial charge in [0.1, 0.15) is 15.7 Å². The molecule has 0 radical (unpaired) electrons. The van der Waals surface area contributed by atoms with Crippen LogP contribution in [0.2, 0.25) is 0 Å². The van der Waals surface area contributed by atoms with Crippen LogP contribution in [0, 0.1) is 6.92 Å². The Balaban J connectivity index is 2.38. The number of ether oxygens (including phenoxy) is 1. The van der Waals surface area contributed by atoms with Crippen LogP contribution < -0.4 is 11.2 Å². The molecule has 0 fully saturated rings. The zero-order chi connectivity index (χ0) is 21.3. The van der Waals surface area contributed by atoms with Crippen molar-refractivity contribution in [3.8, 4) is 11.4 Å². The summed E-state index contributed by atoms with van der Waals surface area (Å²) in [6.07, 6.45) is 0.495. The molecule has 0 aliphatic rings. The molecule has 1 aromatic carbocycles. The third kappa shape index (κ3) is 3.69. The zero-order valence-corrected chi connectivity index (χ0v) is 17.7. The first-order valence-corrected chi connectivity index (χ1v) is 9.96. The van der Waals surface area contributed by atoms with E-state index in [1.54, 1.807) is 7.05 Å². The third-order valence-corrected chi connectivity index (χ3v) is 6.07. The molecule has 0 bridgehead atoms. The molecule has 0 saturated heterocycles. The summed E-state index contributed by atoms with van der Waals surface area (Å²) in [5.41, 5.74) is 0.996. The second kappa shape index (κ2) is 8.20. The topological polar surface area (TPSA) is 96.1 Å². The third-order valence-electron chi connectivity index (χ3n) is 4.74. The molecule has 3 rings (SSSR count). The van der Waals surface area contributed by atoms with Crippen LogP contribution in [-0.2, 0) is 23.6 Å². The number of fused-ring (bicyclic) bond motifs is 1. The van der Waals surface area contributed by atoms with Gasteiger partial charge in [0, 0.05) is 19.7 Å². The summed E-state index contributed by atoms with van der Waals surface area (Å²) in [5, 5.41) is 0.0192. The molecule has 0 aliphatic heterocycles. The second-order valence-electron chi connectivity index (χ2n) is 6.61. The fraction of sp³-hybridized carbons (Fsp3) is 0.350. The van der Waals surface area contributed by atoms with Crippen LogP contribution in [0.1, 0.15) is 18.9 Å². The van der Waals surface area contributed by atoms with E-state index in [2.05, 4.69) is 9.97 Å². The maximum atomic E-state index is 12.9. The largest absolute Gasteiger partial charge is 0.468 e. The van der Waals surface area contributed by atoms with E-state index in [9.17, 15) is 14.4 Å². The Morgan fingerprint density at radius 2 is 1.86 bits per heavy atom. The van der Waals surface area contributed by atoms with Crippen molar-refractivity contribution in [3.05, 3.63) is 50.7 Å². The van der Waals surface area contributed by atoms with E-state index in [0.717, 1.165) is 27.5 Å². The number of rotatable bonds is 5. The van der Waals surface area contributed by atoms with Gasteiger partial charge in [0.25, 0.3) is 5.56 Å². The Labute approximate surface area is 171 Å². The summed E-state index contributed by atoms with van der Waals surface area (Å²) in [6, 6.07) is 7.59. The molecule has 2 heterocycles.